The number of carboxylic acids is 1. The SMILES string of the molecule is CSCC[C@H](NC(=O)[C@@H]1CCCN1C(=O)[C@@H](NC(=O)[C@H](Cc1ccc(O)cc1)NC(=O)[C@H](Cc1ccccc1)NC(=O)[C@H](CCCN=C(N)N)NC(=O)[C@H](N)CCCCN)C(C)C)C(=O)N[C@@H](Cc1c[nH]c2ccccc12)C(=O)N[C@@H](CCCCN)C(=O)N[C@H](CCCCN)C(=O)O. The minimum atomic E-state index is -1.42. The molecular weight excluding hydrogens is 1280 g/mol. The van der Waals surface area contributed by atoms with Crippen LogP contribution in [0.4, 0.5) is 0 Å². The van der Waals surface area contributed by atoms with Gasteiger partial charge in [0.2, 0.25) is 53.2 Å². The number of guanidine groups is 1. The number of carbonyl (C=O) groups excluding carboxylic acids is 9. The summed E-state index contributed by atoms with van der Waals surface area (Å²) < 4.78 is 0. The number of carbonyl (C=O) groups is 10. The van der Waals surface area contributed by atoms with Crippen molar-refractivity contribution in [1.29, 1.82) is 0 Å². The van der Waals surface area contributed by atoms with Crippen molar-refractivity contribution >= 4 is 87.8 Å². The van der Waals surface area contributed by atoms with Gasteiger partial charge in [0.05, 0.1) is 6.04 Å². The van der Waals surface area contributed by atoms with Crippen LogP contribution in [0.2, 0.25) is 0 Å². The van der Waals surface area contributed by atoms with Gasteiger partial charge in [-0.3, -0.25) is 48.1 Å². The number of aliphatic imine (C=N–C) groups is 1. The number of benzene rings is 3. The third kappa shape index (κ3) is 26.2. The van der Waals surface area contributed by atoms with Crippen molar-refractivity contribution in [2.24, 2.45) is 45.3 Å². The molecule has 3 aromatic carbocycles. The number of phenolic OH excluding ortho intramolecular Hbond substituents is 1. The van der Waals surface area contributed by atoms with Gasteiger partial charge in [-0.25, -0.2) is 4.79 Å². The number of phenols is 1. The summed E-state index contributed by atoms with van der Waals surface area (Å²) in [5, 5.41) is 43.2. The van der Waals surface area contributed by atoms with Crippen LogP contribution >= 0.6 is 11.8 Å². The van der Waals surface area contributed by atoms with Crippen molar-refractivity contribution in [3.05, 3.63) is 102 Å². The average Bonchev–Trinajstić information content (AvgIpc) is 1.60. The summed E-state index contributed by atoms with van der Waals surface area (Å²) in [5.41, 5.74) is 37.0. The molecule has 0 aliphatic carbocycles. The molecule has 4 aromatic rings. The summed E-state index contributed by atoms with van der Waals surface area (Å²) in [5.74, 6) is -8.20. The van der Waals surface area contributed by atoms with E-state index in [0.717, 1.165) is 10.9 Å². The van der Waals surface area contributed by atoms with E-state index in [1.165, 1.54) is 28.8 Å². The van der Waals surface area contributed by atoms with Gasteiger partial charge in [0.1, 0.15) is 60.1 Å². The monoisotopic (exact) mass is 1380 g/mol. The number of amides is 9. The number of thioether (sulfide) groups is 1. The molecule has 1 aromatic heterocycles. The van der Waals surface area contributed by atoms with Crippen molar-refractivity contribution in [3.63, 3.8) is 0 Å². The number of unbranched alkanes of at least 4 members (excludes halogenated alkanes) is 3. The van der Waals surface area contributed by atoms with Crippen molar-refractivity contribution in [2.45, 2.75) is 183 Å². The van der Waals surface area contributed by atoms with Crippen molar-refractivity contribution in [3.8, 4) is 5.75 Å². The molecule has 23 N–H and O–H groups in total. The molecule has 2 heterocycles. The van der Waals surface area contributed by atoms with Gasteiger partial charge < -0.3 is 97.0 Å². The first kappa shape index (κ1) is 79.8. The van der Waals surface area contributed by atoms with E-state index in [0.29, 0.717) is 93.4 Å². The molecule has 98 heavy (non-hydrogen) atoms. The zero-order valence-corrected chi connectivity index (χ0v) is 57.3. The molecule has 5 rings (SSSR count). The van der Waals surface area contributed by atoms with E-state index in [1.54, 1.807) is 62.5 Å². The Hall–Kier alpha value is -8.84. The Balaban J connectivity index is 1.40. The van der Waals surface area contributed by atoms with Crippen molar-refractivity contribution in [2.75, 3.05) is 44.7 Å². The third-order valence-corrected chi connectivity index (χ3v) is 17.6. The minimum Gasteiger partial charge on any atom is -0.508 e. The number of nitrogens with zero attached hydrogens (tertiary/aromatic N) is 2. The number of nitrogens with two attached hydrogens (primary N) is 6. The maximum absolute atomic E-state index is 15.0. The molecule has 1 aliphatic rings. The van der Waals surface area contributed by atoms with Gasteiger partial charge in [-0.15, -0.1) is 0 Å². The van der Waals surface area contributed by atoms with Crippen molar-refractivity contribution in [1.82, 2.24) is 52.4 Å². The van der Waals surface area contributed by atoms with Gasteiger partial charge in [-0.1, -0.05) is 80.9 Å². The normalized spacial score (nSPS) is 15.6. The van der Waals surface area contributed by atoms with Crippen LogP contribution in [0.5, 0.6) is 5.75 Å². The number of hydrogen-bond donors (Lipinski definition) is 17. The van der Waals surface area contributed by atoms with Crippen LogP contribution in [0.3, 0.4) is 0 Å². The van der Waals surface area contributed by atoms with E-state index >= 15 is 4.79 Å². The summed E-state index contributed by atoms with van der Waals surface area (Å²) in [6.07, 6.45) is 7.69. The second-order valence-corrected chi connectivity index (χ2v) is 26.0. The zero-order valence-electron chi connectivity index (χ0n) is 56.4. The number of para-hydroxylation sites is 1. The minimum absolute atomic E-state index is 0.0417. The maximum Gasteiger partial charge on any atom is 0.326 e. The zero-order chi connectivity index (χ0) is 71.7. The lowest BCUT2D eigenvalue weighted by Gasteiger charge is -2.32. The van der Waals surface area contributed by atoms with Gasteiger partial charge >= 0.3 is 5.97 Å². The second kappa shape index (κ2) is 42.1. The number of aliphatic carboxylic acids is 1. The summed E-state index contributed by atoms with van der Waals surface area (Å²) >= 11 is 1.40. The lowest BCUT2D eigenvalue weighted by atomic mass is 9.99. The van der Waals surface area contributed by atoms with Crippen LogP contribution in [0.25, 0.3) is 10.9 Å². The van der Waals surface area contributed by atoms with E-state index in [-0.39, 0.29) is 82.6 Å². The molecule has 0 spiro atoms. The first-order valence-electron chi connectivity index (χ1n) is 33.7. The van der Waals surface area contributed by atoms with Crippen LogP contribution in [0.15, 0.2) is 90.1 Å². The Kier molecular flexibility index (Phi) is 34.3. The molecule has 1 saturated heterocycles. The first-order chi connectivity index (χ1) is 47.0. The number of H-pyrrole nitrogens is 1. The Morgan fingerprint density at radius 3 is 1.61 bits per heavy atom. The van der Waals surface area contributed by atoms with Gasteiger partial charge in [-0.2, -0.15) is 11.8 Å². The number of aromatic hydroxyl groups is 1. The molecule has 9 amide bonds. The van der Waals surface area contributed by atoms with E-state index in [1.807, 2.05) is 30.5 Å². The van der Waals surface area contributed by atoms with Gasteiger partial charge in [0.15, 0.2) is 5.96 Å². The smallest absolute Gasteiger partial charge is 0.326 e. The van der Waals surface area contributed by atoms with E-state index < -0.39 is 125 Å². The molecule has 0 unspecified atom stereocenters. The van der Waals surface area contributed by atoms with Crippen LogP contribution in [0.1, 0.15) is 120 Å². The molecule has 30 heteroatoms. The molecule has 538 valence electrons. The lowest BCUT2D eigenvalue weighted by Crippen LogP contribution is -2.61. The summed E-state index contributed by atoms with van der Waals surface area (Å²) in [6, 6.07) is 9.58. The molecule has 29 nitrogen and oxygen atoms in total. The Morgan fingerprint density at radius 2 is 1.05 bits per heavy atom. The van der Waals surface area contributed by atoms with Gasteiger partial charge in [-0.05, 0) is 156 Å². The fraction of sp³-hybridized carbons (Fsp3) is 0.544. The third-order valence-electron chi connectivity index (χ3n) is 17.0. The molecule has 0 saturated carbocycles. The number of hydrogen-bond acceptors (Lipinski definition) is 17. The summed E-state index contributed by atoms with van der Waals surface area (Å²) in [6.45, 7) is 4.64. The molecule has 0 radical (unpaired) electrons. The number of likely N-dealkylation sites (tertiary alicyclic amines) is 1. The number of aromatic amines is 1. The van der Waals surface area contributed by atoms with E-state index in [9.17, 15) is 53.4 Å². The van der Waals surface area contributed by atoms with Crippen molar-refractivity contribution < 1.29 is 58.2 Å². The average molecular weight is 1380 g/mol. The summed E-state index contributed by atoms with van der Waals surface area (Å²) in [7, 11) is 0. The fourth-order valence-corrected chi connectivity index (χ4v) is 11.9. The highest BCUT2D eigenvalue weighted by atomic mass is 32.2. The van der Waals surface area contributed by atoms with Gasteiger partial charge in [0.25, 0.3) is 0 Å². The first-order valence-corrected chi connectivity index (χ1v) is 35.1. The Bertz CT molecular complexity index is 3260. The van der Waals surface area contributed by atoms with Crippen LogP contribution < -0.4 is 76.9 Å². The quantitative estimate of drug-likeness (QED) is 0.0158. The Labute approximate surface area is 576 Å². The lowest BCUT2D eigenvalue weighted by molar-refractivity contribution is -0.143. The molecular formula is C68H103N17O12S. The highest BCUT2D eigenvalue weighted by Gasteiger charge is 2.42. The highest BCUT2D eigenvalue weighted by Crippen LogP contribution is 2.24. The number of carboxylic acid groups (broad SMARTS) is 1. The predicted octanol–water partition coefficient (Wildman–Crippen LogP) is 0.0324. The Morgan fingerprint density at radius 1 is 0.571 bits per heavy atom. The number of rotatable bonds is 44. The standard InChI is InChI=1S/C68H103N17O12S/c1-41(2)57(84-64(93)54(38-43-26-28-45(86)29-27-43)82-62(91)53(37-42-17-5-4-6-18-42)81-60(89)50(24-15-34-75-68(73)74)77-58(87)47(72)20-9-12-31-69)66(95)85-35-16-25-56(85)65(94)79-51(30-36-98-3)61(90)83-55(39-44-40-76-48-21-8-7-19-46(44)48)63(92)78-49(22-10-13-32-70)59(88)80-52(67(96)97)23-11-14-33-71/h4-8,17-19,21,26-29,40-41,47,49-57,76,86H,9-16,20,22-25,30-39,69-72H2,1-3H3,(H,77,87)(H,78,92)(H,79,94)(H,80,88)(H,81,89)(H,82,91)(H,83,90)(H,84,93)(H,96,97)(H4,73,74,75)/t47-,49+,50+,51+,52-,53+,54+,55+,56+,57+/m1/s1. The molecule has 1 fully saturated rings. The number of nitrogens with one attached hydrogen (secondary N) is 9. The van der Waals surface area contributed by atoms with Crippen LogP contribution in [-0.2, 0) is 67.2 Å². The topological polar surface area (TPSA) is 495 Å². The molecule has 0 bridgehead atoms. The van der Waals surface area contributed by atoms with E-state index in [2.05, 4.69) is 52.5 Å². The molecule has 10 atom stereocenters. The maximum atomic E-state index is 15.0. The van der Waals surface area contributed by atoms with E-state index in [4.69, 9.17) is 34.4 Å². The predicted molar refractivity (Wildman–Crippen MR) is 376 cm³/mol. The van der Waals surface area contributed by atoms with Gasteiger partial charge in [0, 0.05) is 49.5 Å². The summed E-state index contributed by atoms with van der Waals surface area (Å²) in [4.78, 5) is 152. The fourth-order valence-electron chi connectivity index (χ4n) is 11.5. The van der Waals surface area contributed by atoms with Crippen LogP contribution in [-0.4, -0.2) is 190 Å². The molecule has 1 aliphatic heterocycles. The number of fused-ring (bicyclic) bond motifs is 1. The second-order valence-electron chi connectivity index (χ2n) is 25.0. The van der Waals surface area contributed by atoms with Crippen LogP contribution in [0, 0.1) is 5.92 Å². The highest BCUT2D eigenvalue weighted by molar-refractivity contribution is 7.98. The largest absolute Gasteiger partial charge is 0.508 e. The number of aromatic nitrogens is 1.